The molecule has 1 aromatic carbocycles. The van der Waals surface area contributed by atoms with Crippen LogP contribution < -0.4 is 5.56 Å². The summed E-state index contributed by atoms with van der Waals surface area (Å²) >= 11 is 13.6. The van der Waals surface area contributed by atoms with Gasteiger partial charge in [0.15, 0.2) is 11.9 Å². The molecule has 0 radical (unpaired) electrons. The molecule has 2 heterocycles. The fourth-order valence-electron chi connectivity index (χ4n) is 2.60. The molecule has 8 heteroatoms. The number of halogens is 2. The highest BCUT2D eigenvalue weighted by Crippen LogP contribution is 2.28. The first kappa shape index (κ1) is 18.9. The lowest BCUT2D eigenvalue weighted by Crippen LogP contribution is -2.18. The minimum Gasteiger partial charge on any atom is -0.454 e. The van der Waals surface area contributed by atoms with Crippen LogP contribution in [0.15, 0.2) is 23.0 Å². The Kier molecular flexibility index (Phi) is 5.37. The number of hydrogen-bond donors (Lipinski definition) is 1. The van der Waals surface area contributed by atoms with Gasteiger partial charge in [0.05, 0.1) is 11.8 Å². The first-order chi connectivity index (χ1) is 12.3. The van der Waals surface area contributed by atoms with Gasteiger partial charge in [-0.15, -0.1) is 11.3 Å². The zero-order valence-electron chi connectivity index (χ0n) is 14.4. The number of ether oxygens (including phenoxy) is 1. The molecule has 0 unspecified atom stereocenters. The first-order valence-corrected chi connectivity index (χ1v) is 9.47. The van der Waals surface area contributed by atoms with Gasteiger partial charge in [-0.05, 0) is 38.5 Å². The van der Waals surface area contributed by atoms with E-state index in [2.05, 4.69) is 9.97 Å². The number of nitrogens with one attached hydrogen (secondary N) is 1. The van der Waals surface area contributed by atoms with E-state index in [1.165, 1.54) is 11.3 Å². The van der Waals surface area contributed by atoms with E-state index in [4.69, 9.17) is 27.9 Å². The average Bonchev–Trinajstić information content (AvgIpc) is 2.86. The van der Waals surface area contributed by atoms with E-state index in [9.17, 15) is 9.59 Å². The molecule has 2 aromatic heterocycles. The van der Waals surface area contributed by atoms with Crippen molar-refractivity contribution in [2.24, 2.45) is 0 Å². The number of aromatic amines is 1. The fraction of sp³-hybridized carbons (Fsp3) is 0.278. The van der Waals surface area contributed by atoms with Crippen LogP contribution in [-0.2, 0) is 16.0 Å². The lowest BCUT2D eigenvalue weighted by Gasteiger charge is -2.13. The van der Waals surface area contributed by atoms with Gasteiger partial charge in [0.1, 0.15) is 4.83 Å². The maximum atomic E-state index is 12.3. The van der Waals surface area contributed by atoms with Crippen LogP contribution in [0.1, 0.15) is 34.9 Å². The molecule has 136 valence electrons. The summed E-state index contributed by atoms with van der Waals surface area (Å²) in [5.41, 5.74) is 1.20. The minimum absolute atomic E-state index is 0.0630. The molecular formula is C18H16Cl2N2O3S. The number of H-pyrrole nitrogens is 1. The second-order valence-corrected chi connectivity index (χ2v) is 7.94. The Bertz CT molecular complexity index is 1040. The Balaban J connectivity index is 1.81. The summed E-state index contributed by atoms with van der Waals surface area (Å²) in [6, 6.07) is 5.03. The minimum atomic E-state index is -0.705. The van der Waals surface area contributed by atoms with Gasteiger partial charge in [-0.1, -0.05) is 29.3 Å². The van der Waals surface area contributed by atoms with Crippen LogP contribution in [-0.4, -0.2) is 15.9 Å². The Hall–Kier alpha value is -1.89. The van der Waals surface area contributed by atoms with Crippen LogP contribution >= 0.6 is 34.5 Å². The average molecular weight is 411 g/mol. The van der Waals surface area contributed by atoms with Gasteiger partial charge in [0, 0.05) is 20.5 Å². The normalized spacial score (nSPS) is 12.3. The second kappa shape index (κ2) is 7.39. The van der Waals surface area contributed by atoms with Gasteiger partial charge in [-0.25, -0.2) is 4.98 Å². The lowest BCUT2D eigenvalue weighted by molar-refractivity contribution is -0.148. The van der Waals surface area contributed by atoms with Gasteiger partial charge >= 0.3 is 5.97 Å². The number of benzene rings is 1. The summed E-state index contributed by atoms with van der Waals surface area (Å²) in [5.74, 6) is -0.198. The van der Waals surface area contributed by atoms with Crippen LogP contribution in [0.2, 0.25) is 10.0 Å². The molecule has 3 aromatic rings. The third-order valence-corrected chi connectivity index (χ3v) is 5.94. The van der Waals surface area contributed by atoms with Gasteiger partial charge in [0.25, 0.3) is 5.56 Å². The van der Waals surface area contributed by atoms with E-state index in [1.807, 2.05) is 13.8 Å². The number of thiophene rings is 1. The van der Waals surface area contributed by atoms with Crippen molar-refractivity contribution in [1.82, 2.24) is 9.97 Å². The van der Waals surface area contributed by atoms with E-state index >= 15 is 0 Å². The highest BCUT2D eigenvalue weighted by atomic mass is 35.5. The van der Waals surface area contributed by atoms with Gasteiger partial charge in [-0.2, -0.15) is 0 Å². The smallest absolute Gasteiger partial charge is 0.311 e. The Morgan fingerprint density at radius 2 is 1.96 bits per heavy atom. The molecule has 1 atom stereocenters. The number of esters is 1. The monoisotopic (exact) mass is 410 g/mol. The number of fused-ring (bicyclic) bond motifs is 1. The van der Waals surface area contributed by atoms with Crippen LogP contribution in [0.5, 0.6) is 0 Å². The van der Waals surface area contributed by atoms with Crippen molar-refractivity contribution in [3.63, 3.8) is 0 Å². The second-order valence-electron chi connectivity index (χ2n) is 5.92. The number of nitrogens with zero attached hydrogens (tertiary/aromatic N) is 1. The molecule has 3 rings (SSSR count). The van der Waals surface area contributed by atoms with Crippen LogP contribution in [0.3, 0.4) is 0 Å². The molecule has 0 aliphatic carbocycles. The summed E-state index contributed by atoms with van der Waals surface area (Å²) in [4.78, 5) is 33.4. The summed E-state index contributed by atoms with van der Waals surface area (Å²) in [6.45, 7) is 5.49. The van der Waals surface area contributed by atoms with E-state index in [-0.39, 0.29) is 12.0 Å². The molecule has 0 amide bonds. The standard InChI is InChI=1S/C18H16Cl2N2O3S/c1-8-10(3)26-18-15(8)17(24)21-16(22-18)9(2)25-14(23)7-11-12(19)5-4-6-13(11)20/h4-6,9H,7H2,1-3H3,(H,21,22,24)/t9-/m1/s1. The van der Waals surface area contributed by atoms with E-state index in [1.54, 1.807) is 25.1 Å². The van der Waals surface area contributed by atoms with Crippen LogP contribution in [0.25, 0.3) is 10.2 Å². The highest BCUT2D eigenvalue weighted by Gasteiger charge is 2.19. The highest BCUT2D eigenvalue weighted by molar-refractivity contribution is 7.18. The Morgan fingerprint density at radius 3 is 2.62 bits per heavy atom. The first-order valence-electron chi connectivity index (χ1n) is 7.90. The fourth-order valence-corrected chi connectivity index (χ4v) is 4.17. The molecule has 0 saturated heterocycles. The third kappa shape index (κ3) is 3.63. The van der Waals surface area contributed by atoms with Crippen molar-refractivity contribution in [3.05, 3.63) is 60.4 Å². The molecule has 5 nitrogen and oxygen atoms in total. The van der Waals surface area contributed by atoms with Crippen molar-refractivity contribution in [2.45, 2.75) is 33.3 Å². The number of aryl methyl sites for hydroxylation is 2. The van der Waals surface area contributed by atoms with Crippen molar-refractivity contribution >= 4 is 50.7 Å². The van der Waals surface area contributed by atoms with Crippen LogP contribution in [0.4, 0.5) is 0 Å². The molecular weight excluding hydrogens is 395 g/mol. The summed E-state index contributed by atoms with van der Waals surface area (Å²) in [5, 5.41) is 1.39. The predicted molar refractivity (Wildman–Crippen MR) is 104 cm³/mol. The molecule has 0 spiro atoms. The maximum absolute atomic E-state index is 12.3. The number of rotatable bonds is 4. The van der Waals surface area contributed by atoms with Crippen molar-refractivity contribution < 1.29 is 9.53 Å². The Morgan fingerprint density at radius 1 is 1.31 bits per heavy atom. The van der Waals surface area contributed by atoms with Crippen molar-refractivity contribution in [1.29, 1.82) is 0 Å². The molecule has 1 N–H and O–H groups in total. The zero-order chi connectivity index (χ0) is 19.0. The number of aromatic nitrogens is 2. The summed E-state index contributed by atoms with van der Waals surface area (Å²) in [7, 11) is 0. The predicted octanol–water partition coefficient (Wildman–Crippen LogP) is 4.76. The van der Waals surface area contributed by atoms with E-state index < -0.39 is 12.1 Å². The van der Waals surface area contributed by atoms with Gasteiger partial charge in [0.2, 0.25) is 0 Å². The Labute approximate surface area is 163 Å². The van der Waals surface area contributed by atoms with Crippen LogP contribution in [0, 0.1) is 13.8 Å². The summed E-state index contributed by atoms with van der Waals surface area (Å²) in [6.07, 6.45) is -0.768. The molecule has 0 fully saturated rings. The maximum Gasteiger partial charge on any atom is 0.311 e. The topological polar surface area (TPSA) is 72.0 Å². The SMILES string of the molecule is Cc1sc2nc([C@@H](C)OC(=O)Cc3c(Cl)cccc3Cl)[nH]c(=O)c2c1C. The van der Waals surface area contributed by atoms with Gasteiger partial charge < -0.3 is 9.72 Å². The molecule has 0 bridgehead atoms. The largest absolute Gasteiger partial charge is 0.454 e. The molecule has 26 heavy (non-hydrogen) atoms. The van der Waals surface area contributed by atoms with Crippen molar-refractivity contribution in [2.75, 3.05) is 0 Å². The van der Waals surface area contributed by atoms with Gasteiger partial charge in [-0.3, -0.25) is 9.59 Å². The third-order valence-electron chi connectivity index (χ3n) is 4.13. The molecule has 0 saturated carbocycles. The number of hydrogen-bond acceptors (Lipinski definition) is 5. The van der Waals surface area contributed by atoms with E-state index in [0.29, 0.717) is 31.6 Å². The number of carbonyl (C=O) groups excluding carboxylic acids is 1. The summed E-state index contributed by atoms with van der Waals surface area (Å²) < 4.78 is 5.41. The quantitative estimate of drug-likeness (QED) is 0.629. The lowest BCUT2D eigenvalue weighted by atomic mass is 10.1. The molecule has 0 aliphatic heterocycles. The van der Waals surface area contributed by atoms with E-state index in [0.717, 1.165) is 10.4 Å². The number of carbonyl (C=O) groups is 1. The zero-order valence-corrected chi connectivity index (χ0v) is 16.7. The molecule has 0 aliphatic rings. The van der Waals surface area contributed by atoms with Crippen molar-refractivity contribution in [3.8, 4) is 0 Å².